The first-order valence-electron chi connectivity index (χ1n) is 8.44. The van der Waals surface area contributed by atoms with E-state index in [2.05, 4.69) is 65.8 Å². The summed E-state index contributed by atoms with van der Waals surface area (Å²) < 4.78 is 5.05. The van der Waals surface area contributed by atoms with Crippen molar-refractivity contribution < 1.29 is 4.74 Å². The Morgan fingerprint density at radius 3 is 2.48 bits per heavy atom. The molecule has 0 fully saturated rings. The number of hydrogen-bond acceptors (Lipinski definition) is 3. The largest absolute Gasteiger partial charge is 0.385 e. The van der Waals surface area contributed by atoms with Gasteiger partial charge in [0.1, 0.15) is 0 Å². The van der Waals surface area contributed by atoms with Gasteiger partial charge in [-0.2, -0.15) is 0 Å². The molecule has 0 radical (unpaired) electrons. The summed E-state index contributed by atoms with van der Waals surface area (Å²) in [6, 6.07) is 8.74. The predicted molar refractivity (Wildman–Crippen MR) is 99.6 cm³/mol. The molecule has 0 atom stereocenters. The minimum absolute atomic E-state index is 0.773. The van der Waals surface area contributed by atoms with Crippen molar-refractivity contribution >= 4 is 11.6 Å². The van der Waals surface area contributed by atoms with Crippen LogP contribution in [0.15, 0.2) is 29.3 Å². The molecule has 0 unspecified atom stereocenters. The van der Waals surface area contributed by atoms with Gasteiger partial charge >= 0.3 is 0 Å². The molecule has 0 saturated carbocycles. The molecule has 1 aromatic carbocycles. The molecule has 2 N–H and O–H groups in total. The number of aryl methyl sites for hydroxylation is 1. The van der Waals surface area contributed by atoms with E-state index in [0.29, 0.717) is 0 Å². The maximum atomic E-state index is 5.05. The van der Waals surface area contributed by atoms with E-state index in [9.17, 15) is 0 Å². The van der Waals surface area contributed by atoms with Gasteiger partial charge in [0, 0.05) is 53.1 Å². The zero-order chi connectivity index (χ0) is 16.9. The molecule has 0 amide bonds. The van der Waals surface area contributed by atoms with Gasteiger partial charge in [0.15, 0.2) is 5.96 Å². The summed E-state index contributed by atoms with van der Waals surface area (Å²) in [5.74, 6) is 0.895. The van der Waals surface area contributed by atoms with E-state index in [1.165, 1.54) is 11.3 Å². The third kappa shape index (κ3) is 8.45. The molecule has 1 rings (SSSR count). The molecule has 130 valence electrons. The van der Waals surface area contributed by atoms with Crippen molar-refractivity contribution in [2.24, 2.45) is 4.99 Å². The lowest BCUT2D eigenvalue weighted by Gasteiger charge is -2.12. The van der Waals surface area contributed by atoms with Crippen molar-refractivity contribution in [1.29, 1.82) is 0 Å². The smallest absolute Gasteiger partial charge is 0.191 e. The molecule has 0 saturated heterocycles. The quantitative estimate of drug-likeness (QED) is 0.394. The fourth-order valence-corrected chi connectivity index (χ4v) is 2.20. The Kier molecular flexibility index (Phi) is 9.87. The number of ether oxygens (including phenoxy) is 1. The Labute approximate surface area is 141 Å². The third-order valence-electron chi connectivity index (χ3n) is 3.51. The molecule has 0 aliphatic heterocycles. The summed E-state index contributed by atoms with van der Waals surface area (Å²) in [6.07, 6.45) is 3.09. The van der Waals surface area contributed by atoms with Crippen LogP contribution < -0.4 is 15.5 Å². The predicted octanol–water partition coefficient (Wildman–Crippen LogP) is 2.28. The Morgan fingerprint density at radius 2 is 1.87 bits per heavy atom. The highest BCUT2D eigenvalue weighted by atomic mass is 16.5. The average Bonchev–Trinajstić information content (AvgIpc) is 2.55. The van der Waals surface area contributed by atoms with Crippen molar-refractivity contribution in [2.45, 2.75) is 26.2 Å². The van der Waals surface area contributed by atoms with Crippen LogP contribution in [0.3, 0.4) is 0 Å². The fraction of sp³-hybridized carbons (Fsp3) is 0.611. The number of anilines is 1. The van der Waals surface area contributed by atoms with Gasteiger partial charge in [-0.3, -0.25) is 4.99 Å². The Hall–Kier alpha value is -1.75. The van der Waals surface area contributed by atoms with Crippen LogP contribution >= 0.6 is 0 Å². The molecule has 5 nitrogen and oxygen atoms in total. The van der Waals surface area contributed by atoms with Gasteiger partial charge in [0.2, 0.25) is 0 Å². The van der Waals surface area contributed by atoms with Gasteiger partial charge in [-0.25, -0.2) is 0 Å². The molecule has 0 heterocycles. The second-order valence-electron chi connectivity index (χ2n) is 5.70. The van der Waals surface area contributed by atoms with Crippen LogP contribution in [0.2, 0.25) is 0 Å². The second kappa shape index (κ2) is 11.8. The highest BCUT2D eigenvalue weighted by Gasteiger charge is 1.98. The number of benzene rings is 1. The summed E-state index contributed by atoms with van der Waals surface area (Å²) in [5, 5.41) is 6.60. The summed E-state index contributed by atoms with van der Waals surface area (Å²) in [5.41, 5.74) is 2.60. The van der Waals surface area contributed by atoms with Crippen molar-refractivity contribution in [3.8, 4) is 0 Å². The van der Waals surface area contributed by atoms with Gasteiger partial charge in [-0.1, -0.05) is 12.1 Å². The molecule has 0 aliphatic rings. The van der Waals surface area contributed by atoms with Crippen LogP contribution in [0, 0.1) is 0 Å². The van der Waals surface area contributed by atoms with E-state index in [1.807, 2.05) is 0 Å². The summed E-state index contributed by atoms with van der Waals surface area (Å²) >= 11 is 0. The maximum absolute atomic E-state index is 5.05. The van der Waals surface area contributed by atoms with Gasteiger partial charge in [-0.15, -0.1) is 0 Å². The van der Waals surface area contributed by atoms with E-state index in [0.717, 1.165) is 51.5 Å². The number of aliphatic imine (C=N–C) groups is 1. The number of methoxy groups -OCH3 is 1. The fourth-order valence-electron chi connectivity index (χ4n) is 2.20. The molecule has 5 heteroatoms. The highest BCUT2D eigenvalue weighted by Crippen LogP contribution is 2.13. The summed E-state index contributed by atoms with van der Waals surface area (Å²) in [4.78, 5) is 6.73. The molecular formula is C18H32N4O. The van der Waals surface area contributed by atoms with Crippen molar-refractivity contribution in [3.05, 3.63) is 29.8 Å². The van der Waals surface area contributed by atoms with Crippen molar-refractivity contribution in [1.82, 2.24) is 10.6 Å². The second-order valence-corrected chi connectivity index (χ2v) is 5.70. The number of hydrogen-bond donors (Lipinski definition) is 2. The molecule has 0 aliphatic carbocycles. The van der Waals surface area contributed by atoms with Crippen LogP contribution in [0.5, 0.6) is 0 Å². The highest BCUT2D eigenvalue weighted by molar-refractivity contribution is 5.79. The molecule has 0 spiro atoms. The Balaban J connectivity index is 2.33. The number of rotatable bonds is 10. The number of nitrogens with one attached hydrogen (secondary N) is 2. The molecule has 23 heavy (non-hydrogen) atoms. The van der Waals surface area contributed by atoms with Crippen molar-refractivity contribution in [2.75, 3.05) is 52.3 Å². The van der Waals surface area contributed by atoms with Gasteiger partial charge in [0.25, 0.3) is 0 Å². The summed E-state index contributed by atoms with van der Waals surface area (Å²) in [7, 11) is 5.85. The standard InChI is InChI=1S/C18H32N4O/c1-5-19-18(21-14-7-15-23-4)20-13-6-8-16-9-11-17(12-10-16)22(2)3/h9-12H,5-8,13-15H2,1-4H3,(H2,19,20,21). The first-order chi connectivity index (χ1) is 11.2. The average molecular weight is 320 g/mol. The number of nitrogens with zero attached hydrogens (tertiary/aromatic N) is 2. The summed E-state index contributed by atoms with van der Waals surface area (Å²) in [6.45, 7) is 5.44. The van der Waals surface area contributed by atoms with Crippen LogP contribution in [0.25, 0.3) is 0 Å². The van der Waals surface area contributed by atoms with Gasteiger partial charge in [-0.05, 0) is 43.9 Å². The lowest BCUT2D eigenvalue weighted by Crippen LogP contribution is -2.38. The monoisotopic (exact) mass is 320 g/mol. The minimum atomic E-state index is 0.773. The lowest BCUT2D eigenvalue weighted by molar-refractivity contribution is 0.195. The maximum Gasteiger partial charge on any atom is 0.191 e. The molecular weight excluding hydrogens is 288 g/mol. The van der Waals surface area contributed by atoms with Crippen molar-refractivity contribution in [3.63, 3.8) is 0 Å². The Bertz CT molecular complexity index is 443. The molecule has 1 aromatic rings. The van der Waals surface area contributed by atoms with Crippen LogP contribution in [0.4, 0.5) is 5.69 Å². The molecule has 0 aromatic heterocycles. The normalized spacial score (nSPS) is 11.4. The number of guanidine groups is 1. The first kappa shape index (κ1) is 19.3. The van der Waals surface area contributed by atoms with Crippen LogP contribution in [-0.4, -0.2) is 53.4 Å². The minimum Gasteiger partial charge on any atom is -0.385 e. The SMILES string of the molecule is CCNC(=NCCCc1ccc(N(C)C)cc1)NCCCOC. The van der Waals surface area contributed by atoms with Crippen LogP contribution in [0.1, 0.15) is 25.3 Å². The van der Waals surface area contributed by atoms with E-state index in [4.69, 9.17) is 4.74 Å². The topological polar surface area (TPSA) is 48.9 Å². The van der Waals surface area contributed by atoms with Gasteiger partial charge in [0.05, 0.1) is 0 Å². The van der Waals surface area contributed by atoms with E-state index in [-0.39, 0.29) is 0 Å². The van der Waals surface area contributed by atoms with E-state index >= 15 is 0 Å². The van der Waals surface area contributed by atoms with E-state index in [1.54, 1.807) is 7.11 Å². The zero-order valence-electron chi connectivity index (χ0n) is 15.1. The van der Waals surface area contributed by atoms with E-state index < -0.39 is 0 Å². The van der Waals surface area contributed by atoms with Crippen LogP contribution in [-0.2, 0) is 11.2 Å². The molecule has 0 bridgehead atoms. The zero-order valence-corrected chi connectivity index (χ0v) is 15.1. The first-order valence-corrected chi connectivity index (χ1v) is 8.44. The van der Waals surface area contributed by atoms with Gasteiger partial charge < -0.3 is 20.3 Å². The lowest BCUT2D eigenvalue weighted by atomic mass is 10.1. The Morgan fingerprint density at radius 1 is 1.13 bits per heavy atom. The third-order valence-corrected chi connectivity index (χ3v) is 3.51.